The number of anilines is 1. The third kappa shape index (κ3) is 4.08. The second-order valence-corrected chi connectivity index (χ2v) is 6.69. The molecule has 2 heterocycles. The van der Waals surface area contributed by atoms with E-state index >= 15 is 0 Å². The topological polar surface area (TPSA) is 70.7 Å². The second-order valence-electron chi connectivity index (χ2n) is 4.52. The Morgan fingerprint density at radius 1 is 1.45 bits per heavy atom. The molecule has 0 saturated carbocycles. The lowest BCUT2D eigenvalue weighted by molar-refractivity contribution is -0.115. The predicted octanol–water partition coefficient (Wildman–Crippen LogP) is 3.05. The molecule has 0 aliphatic heterocycles. The van der Waals surface area contributed by atoms with E-state index in [9.17, 15) is 4.79 Å². The van der Waals surface area contributed by atoms with Crippen LogP contribution in [-0.4, -0.2) is 26.8 Å². The summed E-state index contributed by atoms with van der Waals surface area (Å²) in [4.78, 5) is 16.2. The third-order valence-corrected chi connectivity index (χ3v) is 4.60. The molecule has 2 rings (SSSR count). The van der Waals surface area contributed by atoms with Gasteiger partial charge >= 0.3 is 0 Å². The number of thiazole rings is 1. The van der Waals surface area contributed by atoms with Gasteiger partial charge in [-0.2, -0.15) is 16.9 Å². The van der Waals surface area contributed by atoms with Gasteiger partial charge in [0.1, 0.15) is 0 Å². The lowest BCUT2D eigenvalue weighted by Gasteiger charge is -2.04. The van der Waals surface area contributed by atoms with Gasteiger partial charge in [-0.1, -0.05) is 0 Å². The zero-order chi connectivity index (χ0) is 14.5. The molecule has 0 spiro atoms. The lowest BCUT2D eigenvalue weighted by atomic mass is 10.3. The number of hydrogen-bond acceptors (Lipinski definition) is 5. The summed E-state index contributed by atoms with van der Waals surface area (Å²) in [6.45, 7) is 5.77. The number of aromatic amines is 1. The zero-order valence-electron chi connectivity index (χ0n) is 11.8. The van der Waals surface area contributed by atoms with Crippen LogP contribution in [0.15, 0.2) is 5.38 Å². The van der Waals surface area contributed by atoms with Crippen molar-refractivity contribution in [2.24, 2.45) is 0 Å². The van der Waals surface area contributed by atoms with E-state index in [0.717, 1.165) is 39.3 Å². The summed E-state index contributed by atoms with van der Waals surface area (Å²) in [6, 6.07) is 0. The fourth-order valence-electron chi connectivity index (χ4n) is 1.75. The van der Waals surface area contributed by atoms with E-state index < -0.39 is 0 Å². The van der Waals surface area contributed by atoms with Gasteiger partial charge in [0.2, 0.25) is 5.91 Å². The maximum atomic E-state index is 11.9. The van der Waals surface area contributed by atoms with Crippen molar-refractivity contribution < 1.29 is 4.79 Å². The average molecular weight is 310 g/mol. The Hall–Kier alpha value is -1.34. The molecule has 0 aliphatic carbocycles. The monoisotopic (exact) mass is 310 g/mol. The summed E-state index contributed by atoms with van der Waals surface area (Å²) in [6.07, 6.45) is 0.498. The van der Waals surface area contributed by atoms with Crippen LogP contribution in [0.1, 0.15) is 28.5 Å². The summed E-state index contributed by atoms with van der Waals surface area (Å²) < 4.78 is 0. The molecular formula is C13H18N4OS2. The first kappa shape index (κ1) is 15.1. The zero-order valence-corrected chi connectivity index (χ0v) is 13.5. The first-order valence-electron chi connectivity index (χ1n) is 6.36. The standard InChI is InChI=1S/C13H18N4OS2/c1-8-13(9(2)17-16-8)15-12(18)4-5-19-6-11-7-20-10(3)14-11/h7H,4-6H2,1-3H3,(H,15,18)(H,16,17). The Balaban J connectivity index is 1.70. The van der Waals surface area contributed by atoms with E-state index in [0.29, 0.717) is 6.42 Å². The molecule has 2 aromatic rings. The molecule has 0 aliphatic rings. The number of rotatable bonds is 6. The molecule has 108 valence electrons. The minimum atomic E-state index is 0.0274. The van der Waals surface area contributed by atoms with Crippen LogP contribution in [0.4, 0.5) is 5.69 Å². The van der Waals surface area contributed by atoms with Crippen LogP contribution in [0.2, 0.25) is 0 Å². The normalized spacial score (nSPS) is 10.8. The smallest absolute Gasteiger partial charge is 0.225 e. The molecule has 20 heavy (non-hydrogen) atoms. The second kappa shape index (κ2) is 6.90. The Morgan fingerprint density at radius 3 is 2.85 bits per heavy atom. The molecule has 5 nitrogen and oxygen atoms in total. The van der Waals surface area contributed by atoms with Crippen molar-refractivity contribution in [1.29, 1.82) is 0 Å². The highest BCUT2D eigenvalue weighted by Gasteiger charge is 2.10. The highest BCUT2D eigenvalue weighted by Crippen LogP contribution is 2.18. The van der Waals surface area contributed by atoms with E-state index in [1.165, 1.54) is 0 Å². The van der Waals surface area contributed by atoms with Gasteiger partial charge < -0.3 is 5.32 Å². The van der Waals surface area contributed by atoms with Crippen LogP contribution in [-0.2, 0) is 10.5 Å². The summed E-state index contributed by atoms with van der Waals surface area (Å²) in [5.41, 5.74) is 3.61. The number of hydrogen-bond donors (Lipinski definition) is 2. The Bertz CT molecular complexity index is 571. The van der Waals surface area contributed by atoms with Crippen molar-refractivity contribution >= 4 is 34.7 Å². The Kier molecular flexibility index (Phi) is 5.19. The maximum Gasteiger partial charge on any atom is 0.225 e. The number of aryl methyl sites for hydroxylation is 3. The quantitative estimate of drug-likeness (QED) is 0.805. The highest BCUT2D eigenvalue weighted by atomic mass is 32.2. The van der Waals surface area contributed by atoms with E-state index in [1.54, 1.807) is 23.1 Å². The van der Waals surface area contributed by atoms with E-state index in [4.69, 9.17) is 0 Å². The molecule has 7 heteroatoms. The molecule has 0 radical (unpaired) electrons. The minimum absolute atomic E-state index is 0.0274. The van der Waals surface area contributed by atoms with Gasteiger partial charge in [0.05, 0.1) is 27.8 Å². The fourth-order valence-corrected chi connectivity index (χ4v) is 3.30. The lowest BCUT2D eigenvalue weighted by Crippen LogP contribution is -2.13. The van der Waals surface area contributed by atoms with Crippen molar-refractivity contribution in [2.75, 3.05) is 11.1 Å². The van der Waals surface area contributed by atoms with Crippen molar-refractivity contribution in [3.05, 3.63) is 27.5 Å². The van der Waals surface area contributed by atoms with Gasteiger partial charge in [-0.05, 0) is 20.8 Å². The number of nitrogens with zero attached hydrogens (tertiary/aromatic N) is 2. The number of carbonyl (C=O) groups excluding carboxylic acids is 1. The van der Waals surface area contributed by atoms with Crippen LogP contribution in [0.5, 0.6) is 0 Å². The van der Waals surface area contributed by atoms with Gasteiger partial charge in [-0.3, -0.25) is 9.89 Å². The largest absolute Gasteiger partial charge is 0.323 e. The van der Waals surface area contributed by atoms with Gasteiger partial charge in [-0.25, -0.2) is 4.98 Å². The van der Waals surface area contributed by atoms with Crippen LogP contribution >= 0.6 is 23.1 Å². The fraction of sp³-hybridized carbons (Fsp3) is 0.462. The first-order valence-corrected chi connectivity index (χ1v) is 8.40. The number of carbonyl (C=O) groups is 1. The highest BCUT2D eigenvalue weighted by molar-refractivity contribution is 7.98. The number of nitrogens with one attached hydrogen (secondary N) is 2. The van der Waals surface area contributed by atoms with Crippen molar-refractivity contribution in [2.45, 2.75) is 32.9 Å². The SMILES string of the molecule is Cc1nc(CSCCC(=O)Nc2c(C)n[nH]c2C)cs1. The molecule has 0 fully saturated rings. The van der Waals surface area contributed by atoms with Crippen LogP contribution in [0.3, 0.4) is 0 Å². The molecule has 0 atom stereocenters. The predicted molar refractivity (Wildman–Crippen MR) is 84.3 cm³/mol. The maximum absolute atomic E-state index is 11.9. The minimum Gasteiger partial charge on any atom is -0.323 e. The number of aromatic nitrogens is 3. The molecule has 2 aromatic heterocycles. The Morgan fingerprint density at radius 2 is 2.25 bits per heavy atom. The number of H-pyrrole nitrogens is 1. The van der Waals surface area contributed by atoms with Gasteiger partial charge in [0, 0.05) is 23.3 Å². The Labute approximate surface area is 126 Å². The molecule has 0 unspecified atom stereocenters. The molecule has 0 aromatic carbocycles. The third-order valence-electron chi connectivity index (χ3n) is 2.78. The van der Waals surface area contributed by atoms with Crippen LogP contribution < -0.4 is 5.32 Å². The average Bonchev–Trinajstić information content (AvgIpc) is 2.95. The molecule has 0 bridgehead atoms. The van der Waals surface area contributed by atoms with Crippen molar-refractivity contribution in [1.82, 2.24) is 15.2 Å². The van der Waals surface area contributed by atoms with Crippen molar-refractivity contribution in [3.63, 3.8) is 0 Å². The van der Waals surface area contributed by atoms with E-state index in [1.807, 2.05) is 20.8 Å². The summed E-state index contributed by atoms with van der Waals surface area (Å²) >= 11 is 3.39. The van der Waals surface area contributed by atoms with Gasteiger partial charge in [-0.15, -0.1) is 11.3 Å². The van der Waals surface area contributed by atoms with Crippen LogP contribution in [0.25, 0.3) is 0 Å². The van der Waals surface area contributed by atoms with Crippen molar-refractivity contribution in [3.8, 4) is 0 Å². The van der Waals surface area contributed by atoms with Gasteiger partial charge in [0.25, 0.3) is 0 Å². The molecular weight excluding hydrogens is 292 g/mol. The van der Waals surface area contributed by atoms with Gasteiger partial charge in [0.15, 0.2) is 0 Å². The first-order chi connectivity index (χ1) is 9.56. The van der Waals surface area contributed by atoms with Crippen LogP contribution in [0, 0.1) is 20.8 Å². The summed E-state index contributed by atoms with van der Waals surface area (Å²) in [5, 5.41) is 13.0. The molecule has 0 saturated heterocycles. The van der Waals surface area contributed by atoms with E-state index in [2.05, 4.69) is 25.9 Å². The molecule has 1 amide bonds. The number of amides is 1. The summed E-state index contributed by atoms with van der Waals surface area (Å²) in [5.74, 6) is 1.68. The summed E-state index contributed by atoms with van der Waals surface area (Å²) in [7, 11) is 0. The number of thioether (sulfide) groups is 1. The van der Waals surface area contributed by atoms with E-state index in [-0.39, 0.29) is 5.91 Å². The molecule has 2 N–H and O–H groups in total.